The number of hydrogen-bond acceptors (Lipinski definition) is 2. The van der Waals surface area contributed by atoms with Crippen LogP contribution >= 0.6 is 23.2 Å². The largest absolute Gasteiger partial charge is 0.436 e. The van der Waals surface area contributed by atoms with E-state index in [1.807, 2.05) is 0 Å². The molecular weight excluding hydrogens is 302 g/mol. The average molecular weight is 308 g/mol. The molecule has 0 amide bonds. The van der Waals surface area contributed by atoms with Crippen LogP contribution in [-0.2, 0) is 6.18 Å². The van der Waals surface area contributed by atoms with Gasteiger partial charge >= 0.3 is 6.18 Å². The summed E-state index contributed by atoms with van der Waals surface area (Å²) >= 11 is 11.5. The number of hydrogen-bond donors (Lipinski definition) is 0. The number of nitrogens with zero attached hydrogens (tertiary/aromatic N) is 1. The van der Waals surface area contributed by atoms with E-state index in [4.69, 9.17) is 27.9 Å². The number of rotatable bonds is 2. The maximum atomic E-state index is 12.5. The van der Waals surface area contributed by atoms with Crippen molar-refractivity contribution in [2.24, 2.45) is 0 Å². The van der Waals surface area contributed by atoms with Crippen molar-refractivity contribution in [2.45, 2.75) is 6.18 Å². The van der Waals surface area contributed by atoms with Crippen LogP contribution < -0.4 is 4.74 Å². The fourth-order valence-electron chi connectivity index (χ4n) is 1.33. The third kappa shape index (κ3) is 3.30. The highest BCUT2D eigenvalue weighted by Crippen LogP contribution is 2.41. The SMILES string of the molecule is FC(F)(F)c1cc(Cl)c(Oc2ccccn2)c(Cl)c1. The average Bonchev–Trinajstić information content (AvgIpc) is 2.33. The van der Waals surface area contributed by atoms with Gasteiger partial charge in [0.1, 0.15) is 0 Å². The second-order valence-electron chi connectivity index (χ2n) is 3.54. The van der Waals surface area contributed by atoms with Crippen molar-refractivity contribution in [1.82, 2.24) is 4.98 Å². The maximum Gasteiger partial charge on any atom is 0.416 e. The summed E-state index contributed by atoms with van der Waals surface area (Å²) in [5, 5.41) is -0.462. The van der Waals surface area contributed by atoms with Gasteiger partial charge in [0.2, 0.25) is 5.88 Å². The summed E-state index contributed by atoms with van der Waals surface area (Å²) in [6.45, 7) is 0. The molecule has 0 unspecified atom stereocenters. The van der Waals surface area contributed by atoms with E-state index < -0.39 is 11.7 Å². The number of benzene rings is 1. The lowest BCUT2D eigenvalue weighted by molar-refractivity contribution is -0.137. The topological polar surface area (TPSA) is 22.1 Å². The van der Waals surface area contributed by atoms with Crippen LogP contribution in [0.1, 0.15) is 5.56 Å². The van der Waals surface area contributed by atoms with Crippen LogP contribution in [0, 0.1) is 0 Å². The monoisotopic (exact) mass is 307 g/mol. The van der Waals surface area contributed by atoms with Gasteiger partial charge in [0.15, 0.2) is 5.75 Å². The summed E-state index contributed by atoms with van der Waals surface area (Å²) in [6, 6.07) is 6.37. The summed E-state index contributed by atoms with van der Waals surface area (Å²) in [5.41, 5.74) is -0.934. The van der Waals surface area contributed by atoms with Gasteiger partial charge in [-0.15, -0.1) is 0 Å². The molecule has 0 spiro atoms. The summed E-state index contributed by atoms with van der Waals surface area (Å²) in [4.78, 5) is 3.87. The molecule has 7 heteroatoms. The van der Waals surface area contributed by atoms with Gasteiger partial charge in [-0.3, -0.25) is 0 Å². The van der Waals surface area contributed by atoms with E-state index in [0.29, 0.717) is 0 Å². The van der Waals surface area contributed by atoms with E-state index in [1.54, 1.807) is 12.1 Å². The third-order valence-electron chi connectivity index (χ3n) is 2.17. The highest BCUT2D eigenvalue weighted by atomic mass is 35.5. The van der Waals surface area contributed by atoms with Crippen molar-refractivity contribution in [1.29, 1.82) is 0 Å². The standard InChI is InChI=1S/C12H6Cl2F3NO/c13-8-5-7(12(15,16)17)6-9(14)11(8)19-10-3-1-2-4-18-10/h1-6H. The van der Waals surface area contributed by atoms with E-state index in [0.717, 1.165) is 12.1 Å². The van der Waals surface area contributed by atoms with Crippen LogP contribution in [0.2, 0.25) is 10.0 Å². The van der Waals surface area contributed by atoms with Gasteiger partial charge in [-0.05, 0) is 18.2 Å². The van der Waals surface area contributed by atoms with E-state index in [9.17, 15) is 13.2 Å². The third-order valence-corrected chi connectivity index (χ3v) is 2.73. The van der Waals surface area contributed by atoms with Crippen LogP contribution in [0.4, 0.5) is 13.2 Å². The predicted octanol–water partition coefficient (Wildman–Crippen LogP) is 5.20. The Morgan fingerprint density at radius 2 is 1.68 bits per heavy atom. The van der Waals surface area contributed by atoms with E-state index in [-0.39, 0.29) is 21.7 Å². The first-order chi connectivity index (χ1) is 8.88. The molecule has 19 heavy (non-hydrogen) atoms. The van der Waals surface area contributed by atoms with Gasteiger partial charge in [-0.2, -0.15) is 13.2 Å². The molecule has 1 aromatic heterocycles. The zero-order chi connectivity index (χ0) is 14.0. The Balaban J connectivity index is 2.38. The molecule has 2 rings (SSSR count). The van der Waals surface area contributed by atoms with Crippen LogP contribution in [0.3, 0.4) is 0 Å². The van der Waals surface area contributed by atoms with E-state index in [1.165, 1.54) is 12.3 Å². The molecule has 0 N–H and O–H groups in total. The Morgan fingerprint density at radius 3 is 2.16 bits per heavy atom. The second-order valence-corrected chi connectivity index (χ2v) is 4.35. The molecule has 0 aliphatic rings. The summed E-state index contributed by atoms with van der Waals surface area (Å²) in [7, 11) is 0. The second kappa shape index (κ2) is 5.27. The van der Waals surface area contributed by atoms with Gasteiger partial charge in [-0.25, -0.2) is 4.98 Å². The Bertz CT molecular complexity index is 564. The van der Waals surface area contributed by atoms with Crippen molar-refractivity contribution in [3.8, 4) is 11.6 Å². The normalized spacial score (nSPS) is 11.4. The minimum absolute atomic E-state index is 0.0602. The summed E-state index contributed by atoms with van der Waals surface area (Å²) in [5.74, 6) is 0.126. The number of aromatic nitrogens is 1. The van der Waals surface area contributed by atoms with Crippen LogP contribution in [-0.4, -0.2) is 4.98 Å². The van der Waals surface area contributed by atoms with E-state index >= 15 is 0 Å². The number of halogens is 5. The molecule has 100 valence electrons. The number of pyridine rings is 1. The first-order valence-electron chi connectivity index (χ1n) is 5.03. The minimum atomic E-state index is -4.52. The maximum absolute atomic E-state index is 12.5. The first-order valence-corrected chi connectivity index (χ1v) is 5.78. The summed E-state index contributed by atoms with van der Waals surface area (Å²) < 4.78 is 42.9. The quantitative estimate of drug-likeness (QED) is 0.760. The molecule has 0 aliphatic heterocycles. The highest BCUT2D eigenvalue weighted by Gasteiger charge is 2.32. The lowest BCUT2D eigenvalue weighted by Gasteiger charge is -2.12. The van der Waals surface area contributed by atoms with Gasteiger partial charge in [0.25, 0.3) is 0 Å². The number of ether oxygens (including phenoxy) is 1. The summed E-state index contributed by atoms with van der Waals surface area (Å²) in [6.07, 6.45) is -3.04. The van der Waals surface area contributed by atoms with Gasteiger partial charge < -0.3 is 4.74 Å². The Morgan fingerprint density at radius 1 is 1.05 bits per heavy atom. The van der Waals surface area contributed by atoms with Gasteiger partial charge in [-0.1, -0.05) is 29.3 Å². The molecule has 0 atom stereocenters. The van der Waals surface area contributed by atoms with Gasteiger partial charge in [0.05, 0.1) is 15.6 Å². The highest BCUT2D eigenvalue weighted by molar-refractivity contribution is 6.37. The lowest BCUT2D eigenvalue weighted by Crippen LogP contribution is -2.05. The Kier molecular flexibility index (Phi) is 3.87. The smallest absolute Gasteiger partial charge is 0.416 e. The molecule has 2 nitrogen and oxygen atoms in total. The Hall–Kier alpha value is -1.46. The first kappa shape index (κ1) is 14.0. The van der Waals surface area contributed by atoms with Crippen molar-refractivity contribution < 1.29 is 17.9 Å². The molecule has 2 aromatic rings. The zero-order valence-electron chi connectivity index (χ0n) is 9.21. The van der Waals surface area contributed by atoms with Crippen LogP contribution in [0.25, 0.3) is 0 Å². The molecule has 0 radical (unpaired) electrons. The zero-order valence-corrected chi connectivity index (χ0v) is 10.7. The van der Waals surface area contributed by atoms with E-state index in [2.05, 4.69) is 4.98 Å². The fraction of sp³-hybridized carbons (Fsp3) is 0.0833. The minimum Gasteiger partial charge on any atom is -0.436 e. The molecule has 0 aliphatic carbocycles. The van der Waals surface area contributed by atoms with Crippen molar-refractivity contribution >= 4 is 23.2 Å². The molecule has 1 aromatic carbocycles. The Labute approximate surface area is 116 Å². The molecule has 1 heterocycles. The molecule has 0 fully saturated rings. The van der Waals surface area contributed by atoms with Gasteiger partial charge in [0, 0.05) is 12.3 Å². The molecule has 0 bridgehead atoms. The predicted molar refractivity (Wildman–Crippen MR) is 65.8 cm³/mol. The molecule has 0 saturated heterocycles. The lowest BCUT2D eigenvalue weighted by atomic mass is 10.2. The van der Waals surface area contributed by atoms with Crippen LogP contribution in [0.5, 0.6) is 11.6 Å². The number of alkyl halides is 3. The molecular formula is C12H6Cl2F3NO. The van der Waals surface area contributed by atoms with Crippen molar-refractivity contribution in [3.63, 3.8) is 0 Å². The van der Waals surface area contributed by atoms with Crippen molar-refractivity contribution in [3.05, 3.63) is 52.1 Å². The fourth-order valence-corrected chi connectivity index (χ4v) is 1.90. The van der Waals surface area contributed by atoms with Crippen molar-refractivity contribution in [2.75, 3.05) is 0 Å². The molecule has 0 saturated carbocycles. The van der Waals surface area contributed by atoms with Crippen LogP contribution in [0.15, 0.2) is 36.5 Å².